The number of hydrogen-bond donors (Lipinski definition) is 0. The fourth-order valence-electron chi connectivity index (χ4n) is 6.43. The van der Waals surface area contributed by atoms with E-state index in [9.17, 15) is 0 Å². The van der Waals surface area contributed by atoms with E-state index >= 15 is 0 Å². The summed E-state index contributed by atoms with van der Waals surface area (Å²) in [7, 11) is 0. The average molecular weight is 490 g/mol. The molecule has 2 aliphatic heterocycles. The van der Waals surface area contributed by atoms with Crippen molar-refractivity contribution in [3.63, 3.8) is 0 Å². The van der Waals surface area contributed by atoms with Gasteiger partial charge in [0.1, 0.15) is 0 Å². The van der Waals surface area contributed by atoms with E-state index < -0.39 is 0 Å². The summed E-state index contributed by atoms with van der Waals surface area (Å²) < 4.78 is 5.62. The number of allylic oxidation sites excluding steroid dienone is 2. The quantitative estimate of drug-likeness (QED) is 0.407. The number of anilines is 2. The first-order valence-electron chi connectivity index (χ1n) is 13.4. The van der Waals surface area contributed by atoms with Crippen molar-refractivity contribution < 1.29 is 4.74 Å². The zero-order chi connectivity index (χ0) is 23.5. The summed E-state index contributed by atoms with van der Waals surface area (Å²) in [6, 6.07) is 7.28. The van der Waals surface area contributed by atoms with Crippen LogP contribution in [-0.2, 0) is 4.74 Å². The summed E-state index contributed by atoms with van der Waals surface area (Å²) in [5, 5.41) is 0. The van der Waals surface area contributed by atoms with Gasteiger partial charge in [-0.05, 0) is 60.4 Å². The first kappa shape index (κ1) is 27.4. The van der Waals surface area contributed by atoms with Crippen LogP contribution in [0.1, 0.15) is 72.3 Å². The maximum atomic E-state index is 5.62. The van der Waals surface area contributed by atoms with Crippen LogP contribution in [0.15, 0.2) is 24.3 Å². The molecule has 0 amide bonds. The molecule has 1 aromatic rings. The zero-order valence-electron chi connectivity index (χ0n) is 22.4. The van der Waals surface area contributed by atoms with Crippen LogP contribution in [0.5, 0.6) is 0 Å². The first-order valence-corrected chi connectivity index (χ1v) is 13.4. The van der Waals surface area contributed by atoms with Gasteiger partial charge in [0.15, 0.2) is 0 Å². The second-order valence-electron chi connectivity index (χ2n) is 12.0. The van der Waals surface area contributed by atoms with E-state index in [1.807, 2.05) is 0 Å². The van der Waals surface area contributed by atoms with Gasteiger partial charge in [0.25, 0.3) is 0 Å². The average Bonchev–Trinajstić information content (AvgIpc) is 2.78. The normalized spacial score (nSPS) is 22.8. The van der Waals surface area contributed by atoms with Crippen LogP contribution < -0.4 is 9.80 Å². The monoisotopic (exact) mass is 489 g/mol. The third kappa shape index (κ3) is 6.92. The third-order valence-electron chi connectivity index (χ3n) is 7.66. The fourth-order valence-corrected chi connectivity index (χ4v) is 6.43. The molecule has 2 fully saturated rings. The summed E-state index contributed by atoms with van der Waals surface area (Å²) >= 11 is 0. The molecule has 0 atom stereocenters. The molecule has 0 N–H and O–H groups in total. The van der Waals surface area contributed by atoms with Gasteiger partial charge < -0.3 is 14.5 Å². The number of benzene rings is 1. The Morgan fingerprint density at radius 3 is 2.24 bits per heavy atom. The van der Waals surface area contributed by atoms with E-state index in [4.69, 9.17) is 4.74 Å². The van der Waals surface area contributed by atoms with Crippen LogP contribution in [0.2, 0.25) is 0 Å². The van der Waals surface area contributed by atoms with Crippen LogP contribution in [0.3, 0.4) is 0 Å². The second kappa shape index (κ2) is 11.7. The largest absolute Gasteiger partial charge is 0.378 e. The number of halogens is 1. The van der Waals surface area contributed by atoms with Gasteiger partial charge in [-0.3, -0.25) is 4.90 Å². The summed E-state index contributed by atoms with van der Waals surface area (Å²) in [6.45, 7) is 21.6. The topological polar surface area (TPSA) is 19.0 Å². The number of hydrogen-bond acceptors (Lipinski definition) is 4. The van der Waals surface area contributed by atoms with Crippen LogP contribution in [0.4, 0.5) is 11.4 Å². The molecule has 1 aromatic carbocycles. The Hall–Kier alpha value is -1.23. The van der Waals surface area contributed by atoms with Crippen molar-refractivity contribution in [2.45, 2.75) is 66.7 Å². The van der Waals surface area contributed by atoms with Crippen LogP contribution in [0.25, 0.3) is 5.57 Å². The molecule has 0 saturated carbocycles. The Morgan fingerprint density at radius 2 is 1.59 bits per heavy atom. The number of piperazine rings is 1. The van der Waals surface area contributed by atoms with Gasteiger partial charge in [-0.2, -0.15) is 0 Å². The van der Waals surface area contributed by atoms with Crippen molar-refractivity contribution in [1.29, 1.82) is 0 Å². The second-order valence-corrected chi connectivity index (χ2v) is 12.0. The van der Waals surface area contributed by atoms with Gasteiger partial charge in [0.05, 0.1) is 13.2 Å². The lowest BCUT2D eigenvalue weighted by molar-refractivity contribution is 0.122. The molecule has 1 aliphatic carbocycles. The molecule has 2 saturated heterocycles. The van der Waals surface area contributed by atoms with Crippen molar-refractivity contribution in [3.8, 4) is 0 Å². The fraction of sp³-hybridized carbons (Fsp3) is 0.724. The van der Waals surface area contributed by atoms with Gasteiger partial charge >= 0.3 is 0 Å². The van der Waals surface area contributed by atoms with Crippen molar-refractivity contribution in [2.24, 2.45) is 10.8 Å². The van der Waals surface area contributed by atoms with E-state index in [1.54, 1.807) is 5.57 Å². The predicted molar refractivity (Wildman–Crippen MR) is 150 cm³/mol. The molecule has 3 aliphatic rings. The Labute approximate surface area is 215 Å². The highest BCUT2D eigenvalue weighted by atomic mass is 35.5. The lowest BCUT2D eigenvalue weighted by Gasteiger charge is -2.42. The number of rotatable bonds is 7. The molecular formula is C29H48ClN3O. The van der Waals surface area contributed by atoms with Gasteiger partial charge in [-0.15, -0.1) is 12.4 Å². The molecule has 0 bridgehead atoms. The Balaban J connectivity index is 0.00000324. The smallest absolute Gasteiger partial charge is 0.0642 e. The highest BCUT2D eigenvalue weighted by Gasteiger charge is 2.35. The number of ether oxygens (including phenoxy) is 1. The van der Waals surface area contributed by atoms with E-state index in [0.717, 1.165) is 45.8 Å². The van der Waals surface area contributed by atoms with Gasteiger partial charge in [-0.1, -0.05) is 53.5 Å². The van der Waals surface area contributed by atoms with Gasteiger partial charge in [0.2, 0.25) is 0 Å². The van der Waals surface area contributed by atoms with E-state index in [1.165, 1.54) is 62.3 Å². The zero-order valence-corrected chi connectivity index (χ0v) is 23.2. The van der Waals surface area contributed by atoms with Gasteiger partial charge in [0, 0.05) is 56.2 Å². The minimum Gasteiger partial charge on any atom is -0.378 e. The molecule has 0 radical (unpaired) electrons. The van der Waals surface area contributed by atoms with Crippen molar-refractivity contribution >= 4 is 29.4 Å². The molecule has 5 heteroatoms. The molecule has 0 spiro atoms. The lowest BCUT2D eigenvalue weighted by atomic mass is 9.65. The number of nitrogens with zero attached hydrogens (tertiary/aromatic N) is 3. The SMILES string of the molecule is CCCCCN1CCN(c2ccc(N3CCOCC3)cc2C2=CC(C)(C)CC(C)(C)C2)CC1.Cl. The highest BCUT2D eigenvalue weighted by molar-refractivity contribution is 5.85. The first-order chi connectivity index (χ1) is 15.8. The van der Waals surface area contributed by atoms with E-state index in [0.29, 0.717) is 5.41 Å². The van der Waals surface area contributed by atoms with Crippen LogP contribution in [-0.4, -0.2) is 63.9 Å². The maximum Gasteiger partial charge on any atom is 0.0642 e. The Morgan fingerprint density at radius 1 is 0.882 bits per heavy atom. The molecular weight excluding hydrogens is 442 g/mol. The minimum absolute atomic E-state index is 0. The maximum absolute atomic E-state index is 5.62. The molecule has 0 unspecified atom stereocenters. The lowest BCUT2D eigenvalue weighted by Crippen LogP contribution is -2.47. The molecule has 34 heavy (non-hydrogen) atoms. The third-order valence-corrected chi connectivity index (χ3v) is 7.66. The standard InChI is InChI=1S/C29H47N3O.ClH/c1-6-7-8-11-30-12-14-32(15-13-30)27-10-9-25(31-16-18-33-19-17-31)20-26(27)24-21-28(2,3)23-29(4,5)22-24;/h9-10,20-21H,6-8,11-19,22-23H2,1-5H3;1H. The summed E-state index contributed by atoms with van der Waals surface area (Å²) in [6.07, 6.45) is 8.99. The molecule has 2 heterocycles. The van der Waals surface area contributed by atoms with E-state index in [2.05, 4.69) is 73.6 Å². The minimum atomic E-state index is 0. The van der Waals surface area contributed by atoms with Gasteiger partial charge in [-0.25, -0.2) is 0 Å². The number of unbranched alkanes of at least 4 members (excludes halogenated alkanes) is 2. The summed E-state index contributed by atoms with van der Waals surface area (Å²) in [4.78, 5) is 7.83. The summed E-state index contributed by atoms with van der Waals surface area (Å²) in [5.74, 6) is 0. The summed E-state index contributed by atoms with van der Waals surface area (Å²) in [5.41, 5.74) is 6.39. The predicted octanol–water partition coefficient (Wildman–Crippen LogP) is 6.49. The van der Waals surface area contributed by atoms with Crippen LogP contribution in [0, 0.1) is 10.8 Å². The molecule has 4 rings (SSSR count). The number of morpholine rings is 1. The Kier molecular flexibility index (Phi) is 9.39. The molecule has 192 valence electrons. The van der Waals surface area contributed by atoms with Crippen molar-refractivity contribution in [3.05, 3.63) is 29.8 Å². The van der Waals surface area contributed by atoms with Crippen LogP contribution >= 0.6 is 12.4 Å². The molecule has 0 aromatic heterocycles. The van der Waals surface area contributed by atoms with Crippen molar-refractivity contribution in [2.75, 3.05) is 68.8 Å². The Bertz CT molecular complexity index is 821. The molecule has 4 nitrogen and oxygen atoms in total. The van der Waals surface area contributed by atoms with Crippen molar-refractivity contribution in [1.82, 2.24) is 4.90 Å². The highest BCUT2D eigenvalue weighted by Crippen LogP contribution is 2.49. The van der Waals surface area contributed by atoms with E-state index in [-0.39, 0.29) is 17.8 Å².